The summed E-state index contributed by atoms with van der Waals surface area (Å²) in [4.78, 5) is 0.500. The number of ether oxygens (including phenoxy) is 1. The van der Waals surface area contributed by atoms with Gasteiger partial charge in [-0.05, 0) is 20.8 Å². The van der Waals surface area contributed by atoms with Crippen molar-refractivity contribution < 1.29 is 4.74 Å². The zero-order valence-corrected chi connectivity index (χ0v) is 7.12. The second-order valence-electron chi connectivity index (χ2n) is 1.39. The van der Waals surface area contributed by atoms with E-state index in [9.17, 15) is 0 Å². The Morgan fingerprint density at radius 3 is 1.67 bits per heavy atom. The Balaban J connectivity index is 0. The van der Waals surface area contributed by atoms with E-state index in [1.807, 2.05) is 13.8 Å². The Hall–Kier alpha value is -0.150. The molecule has 0 aliphatic heterocycles. The second kappa shape index (κ2) is 10.8. The lowest BCUT2D eigenvalue weighted by Gasteiger charge is -1.86. The summed E-state index contributed by atoms with van der Waals surface area (Å²) in [5.41, 5.74) is 4.84. The Morgan fingerprint density at radius 2 is 1.67 bits per heavy atom. The van der Waals surface area contributed by atoms with Gasteiger partial charge < -0.3 is 10.5 Å². The van der Waals surface area contributed by atoms with Crippen molar-refractivity contribution in [1.82, 2.24) is 0 Å². The van der Waals surface area contributed by atoms with Gasteiger partial charge >= 0.3 is 0 Å². The molecule has 0 aromatic rings. The molecule has 0 aliphatic rings. The summed E-state index contributed by atoms with van der Waals surface area (Å²) in [5.74, 6) is 0. The molecule has 3 heteroatoms. The largest absolute Gasteiger partial charge is 0.394 e. The molecule has 9 heavy (non-hydrogen) atoms. The van der Waals surface area contributed by atoms with Crippen LogP contribution in [0.3, 0.4) is 0 Å². The van der Waals surface area contributed by atoms with Crippen molar-refractivity contribution in [1.29, 1.82) is 0 Å². The summed E-state index contributed by atoms with van der Waals surface area (Å²) < 4.78 is 4.83. The molecule has 56 valence electrons. The highest BCUT2D eigenvalue weighted by Gasteiger charge is 1.64. The molecule has 0 radical (unpaired) electrons. The maximum atomic E-state index is 4.84. The molecule has 0 aliphatic carbocycles. The van der Waals surface area contributed by atoms with Gasteiger partial charge in [0, 0.05) is 13.2 Å². The number of nitrogens with two attached hydrogens (primary N) is 1. The molecular formula is C6H15NOS. The van der Waals surface area contributed by atoms with Gasteiger partial charge in [-0.3, -0.25) is 0 Å². The monoisotopic (exact) mass is 149 g/mol. The van der Waals surface area contributed by atoms with E-state index < -0.39 is 0 Å². The molecule has 0 atom stereocenters. The van der Waals surface area contributed by atoms with Gasteiger partial charge in [0.15, 0.2) is 0 Å². The lowest BCUT2D eigenvalue weighted by atomic mass is 10.8. The van der Waals surface area contributed by atoms with Gasteiger partial charge in [0.25, 0.3) is 0 Å². The van der Waals surface area contributed by atoms with Gasteiger partial charge in [-0.2, -0.15) is 0 Å². The Labute approximate surface area is 62.4 Å². The standard InChI is InChI=1S/C4H10O.C2H5NS/c1-3-5-4-2;1-2(3)4/h3-4H2,1-2H3;1H3,(H2,3,4). The maximum absolute atomic E-state index is 4.84. The lowest BCUT2D eigenvalue weighted by molar-refractivity contribution is 0.162. The second-order valence-corrected chi connectivity index (χ2v) is 2.04. The number of hydrogen-bond acceptors (Lipinski definition) is 2. The van der Waals surface area contributed by atoms with Crippen LogP contribution in [0.15, 0.2) is 0 Å². The third-order valence-corrected chi connectivity index (χ3v) is 0.408. The van der Waals surface area contributed by atoms with E-state index in [0.29, 0.717) is 4.99 Å². The van der Waals surface area contributed by atoms with Crippen molar-refractivity contribution in [3.63, 3.8) is 0 Å². The minimum Gasteiger partial charge on any atom is -0.394 e. The van der Waals surface area contributed by atoms with Gasteiger partial charge in [-0.15, -0.1) is 0 Å². The summed E-state index contributed by atoms with van der Waals surface area (Å²) in [7, 11) is 0. The lowest BCUT2D eigenvalue weighted by Crippen LogP contribution is -1.98. The van der Waals surface area contributed by atoms with E-state index in [1.54, 1.807) is 6.92 Å². The van der Waals surface area contributed by atoms with Crippen LogP contribution < -0.4 is 5.73 Å². The molecule has 0 fully saturated rings. The minimum atomic E-state index is 0.500. The molecule has 0 aromatic heterocycles. The van der Waals surface area contributed by atoms with Crippen LogP contribution in [0.4, 0.5) is 0 Å². The van der Waals surface area contributed by atoms with Crippen LogP contribution in [0.25, 0.3) is 0 Å². The van der Waals surface area contributed by atoms with Crippen LogP contribution in [-0.4, -0.2) is 18.2 Å². The van der Waals surface area contributed by atoms with Crippen molar-refractivity contribution >= 4 is 17.2 Å². The van der Waals surface area contributed by atoms with Crippen LogP contribution in [0, 0.1) is 0 Å². The van der Waals surface area contributed by atoms with E-state index in [-0.39, 0.29) is 0 Å². The van der Waals surface area contributed by atoms with Crippen LogP contribution in [-0.2, 0) is 4.74 Å². The molecule has 0 bridgehead atoms. The predicted molar refractivity (Wildman–Crippen MR) is 44.6 cm³/mol. The first-order valence-corrected chi connectivity index (χ1v) is 3.39. The van der Waals surface area contributed by atoms with Crippen molar-refractivity contribution in [2.75, 3.05) is 13.2 Å². The van der Waals surface area contributed by atoms with Gasteiger partial charge in [-0.25, -0.2) is 0 Å². The Kier molecular flexibility index (Phi) is 13.9. The van der Waals surface area contributed by atoms with E-state index in [2.05, 4.69) is 12.2 Å². The number of hydrogen-bond donors (Lipinski definition) is 1. The fourth-order valence-corrected chi connectivity index (χ4v) is 0.204. The van der Waals surface area contributed by atoms with Crippen molar-refractivity contribution in [2.45, 2.75) is 20.8 Å². The van der Waals surface area contributed by atoms with Crippen molar-refractivity contribution in [3.8, 4) is 0 Å². The summed E-state index contributed by atoms with van der Waals surface area (Å²) in [6.07, 6.45) is 0. The van der Waals surface area contributed by atoms with Crippen LogP contribution in [0.5, 0.6) is 0 Å². The van der Waals surface area contributed by atoms with Crippen LogP contribution in [0.1, 0.15) is 20.8 Å². The molecule has 0 saturated heterocycles. The highest BCUT2D eigenvalue weighted by atomic mass is 32.1. The molecule has 0 saturated carbocycles. The SMILES string of the molecule is CC(N)=S.CCOCC. The highest BCUT2D eigenvalue weighted by molar-refractivity contribution is 7.80. The quantitative estimate of drug-likeness (QED) is 0.602. The van der Waals surface area contributed by atoms with Crippen LogP contribution >= 0.6 is 12.2 Å². The molecule has 2 nitrogen and oxygen atoms in total. The van der Waals surface area contributed by atoms with Gasteiger partial charge in [-0.1, -0.05) is 12.2 Å². The average Bonchev–Trinajstić information content (AvgIpc) is 1.66. The molecule has 0 aromatic carbocycles. The minimum absolute atomic E-state index is 0.500. The first-order valence-electron chi connectivity index (χ1n) is 2.98. The van der Waals surface area contributed by atoms with Crippen LogP contribution in [0.2, 0.25) is 0 Å². The fourth-order valence-electron chi connectivity index (χ4n) is 0.204. The van der Waals surface area contributed by atoms with Crippen molar-refractivity contribution in [3.05, 3.63) is 0 Å². The van der Waals surface area contributed by atoms with E-state index >= 15 is 0 Å². The van der Waals surface area contributed by atoms with Gasteiger partial charge in [0.1, 0.15) is 0 Å². The third kappa shape index (κ3) is 78.5. The molecule has 0 heterocycles. The van der Waals surface area contributed by atoms with E-state index in [4.69, 9.17) is 10.5 Å². The molecule has 0 amide bonds. The van der Waals surface area contributed by atoms with E-state index in [1.165, 1.54) is 0 Å². The zero-order chi connectivity index (χ0) is 7.70. The Bertz CT molecular complexity index is 60.1. The van der Waals surface area contributed by atoms with Gasteiger partial charge in [0.2, 0.25) is 0 Å². The third-order valence-electron chi connectivity index (χ3n) is 0.408. The molecule has 0 rings (SSSR count). The van der Waals surface area contributed by atoms with Crippen molar-refractivity contribution in [2.24, 2.45) is 5.73 Å². The number of rotatable bonds is 2. The molecule has 0 spiro atoms. The first kappa shape index (κ1) is 11.6. The molecule has 2 N–H and O–H groups in total. The highest BCUT2D eigenvalue weighted by Crippen LogP contribution is 1.64. The summed E-state index contributed by atoms with van der Waals surface area (Å²) in [6, 6.07) is 0. The number of thiocarbonyl (C=S) groups is 1. The first-order chi connectivity index (χ1) is 4.15. The Morgan fingerprint density at radius 1 is 1.44 bits per heavy atom. The smallest absolute Gasteiger partial charge is 0.0695 e. The summed E-state index contributed by atoms with van der Waals surface area (Å²) >= 11 is 4.31. The molecular weight excluding hydrogens is 134 g/mol. The molecule has 0 unspecified atom stereocenters. The average molecular weight is 149 g/mol. The van der Waals surface area contributed by atoms with E-state index in [0.717, 1.165) is 13.2 Å². The van der Waals surface area contributed by atoms with Gasteiger partial charge in [0.05, 0.1) is 4.99 Å². The summed E-state index contributed by atoms with van der Waals surface area (Å²) in [5, 5.41) is 0. The summed E-state index contributed by atoms with van der Waals surface area (Å²) in [6.45, 7) is 7.34. The topological polar surface area (TPSA) is 35.2 Å². The predicted octanol–water partition coefficient (Wildman–Crippen LogP) is 1.34. The zero-order valence-electron chi connectivity index (χ0n) is 6.31. The fraction of sp³-hybridized carbons (Fsp3) is 0.833. The maximum Gasteiger partial charge on any atom is 0.0695 e. The normalized spacial score (nSPS) is 7.44.